The number of fused-ring (bicyclic) bond motifs is 1. The van der Waals surface area contributed by atoms with E-state index < -0.39 is 0 Å². The highest BCUT2D eigenvalue weighted by Crippen LogP contribution is 2.32. The molecule has 0 bridgehead atoms. The molecule has 228 valence electrons. The van der Waals surface area contributed by atoms with Gasteiger partial charge in [0.2, 0.25) is 5.91 Å². The SMILES string of the molecule is C=CC(=O)Nc1cccc(CN2CCC(n3ncc4c(N5CCOCC5)nc(-c5ccc(NC(=O)NC)cc5)nc43)CC2)c1. The Hall–Kier alpha value is -4.81. The predicted molar refractivity (Wildman–Crippen MR) is 171 cm³/mol. The van der Waals surface area contributed by atoms with Gasteiger partial charge in [-0.2, -0.15) is 5.10 Å². The number of ether oxygens (including phenoxy) is 1. The van der Waals surface area contributed by atoms with Crippen LogP contribution in [0.2, 0.25) is 0 Å². The molecule has 2 aromatic carbocycles. The highest BCUT2D eigenvalue weighted by atomic mass is 16.5. The first-order valence-corrected chi connectivity index (χ1v) is 14.9. The van der Waals surface area contributed by atoms with Crippen molar-refractivity contribution in [3.8, 4) is 11.4 Å². The summed E-state index contributed by atoms with van der Waals surface area (Å²) < 4.78 is 7.69. The molecule has 2 aromatic heterocycles. The average Bonchev–Trinajstić information content (AvgIpc) is 3.49. The number of rotatable bonds is 8. The van der Waals surface area contributed by atoms with Crippen LogP contribution in [0.3, 0.4) is 0 Å². The second-order valence-corrected chi connectivity index (χ2v) is 11.0. The fourth-order valence-corrected chi connectivity index (χ4v) is 5.74. The Kier molecular flexibility index (Phi) is 8.80. The van der Waals surface area contributed by atoms with Crippen molar-refractivity contribution in [2.45, 2.75) is 25.4 Å². The largest absolute Gasteiger partial charge is 0.378 e. The molecule has 12 nitrogen and oxygen atoms in total. The zero-order valence-corrected chi connectivity index (χ0v) is 24.8. The first-order chi connectivity index (χ1) is 21.5. The summed E-state index contributed by atoms with van der Waals surface area (Å²) >= 11 is 0. The van der Waals surface area contributed by atoms with Gasteiger partial charge in [-0.25, -0.2) is 19.4 Å². The minimum atomic E-state index is -0.273. The molecule has 0 unspecified atom stereocenters. The summed E-state index contributed by atoms with van der Waals surface area (Å²) in [5.41, 5.74) is 4.30. The molecule has 0 aliphatic carbocycles. The van der Waals surface area contributed by atoms with E-state index >= 15 is 0 Å². The number of urea groups is 1. The number of amides is 3. The summed E-state index contributed by atoms with van der Waals surface area (Å²) in [6.07, 6.45) is 5.05. The fraction of sp³-hybridized carbons (Fsp3) is 0.344. The third kappa shape index (κ3) is 6.56. The number of nitrogens with one attached hydrogen (secondary N) is 3. The molecule has 2 aliphatic heterocycles. The molecule has 4 aromatic rings. The van der Waals surface area contributed by atoms with Gasteiger partial charge in [-0.1, -0.05) is 18.7 Å². The Labute approximate surface area is 256 Å². The van der Waals surface area contributed by atoms with Gasteiger partial charge in [-0.05, 0) is 60.9 Å². The van der Waals surface area contributed by atoms with Crippen LogP contribution in [-0.4, -0.2) is 83.0 Å². The van der Waals surface area contributed by atoms with Crippen LogP contribution in [0, 0.1) is 0 Å². The third-order valence-corrected chi connectivity index (χ3v) is 8.06. The zero-order valence-electron chi connectivity index (χ0n) is 24.8. The molecule has 12 heteroatoms. The minimum Gasteiger partial charge on any atom is -0.378 e. The number of carbonyl (C=O) groups excluding carboxylic acids is 2. The molecule has 6 rings (SSSR count). The molecule has 3 N–H and O–H groups in total. The summed E-state index contributed by atoms with van der Waals surface area (Å²) in [6.45, 7) is 8.98. The van der Waals surface area contributed by atoms with Crippen LogP contribution in [0.25, 0.3) is 22.4 Å². The summed E-state index contributed by atoms with van der Waals surface area (Å²) in [5, 5.41) is 14.0. The molecule has 44 heavy (non-hydrogen) atoms. The first-order valence-electron chi connectivity index (χ1n) is 14.9. The summed E-state index contributed by atoms with van der Waals surface area (Å²) in [6, 6.07) is 15.4. The molecule has 2 fully saturated rings. The van der Waals surface area contributed by atoms with Crippen molar-refractivity contribution in [3.63, 3.8) is 0 Å². The van der Waals surface area contributed by atoms with Crippen molar-refractivity contribution in [2.75, 3.05) is 62.0 Å². The molecule has 2 saturated heterocycles. The van der Waals surface area contributed by atoms with E-state index in [2.05, 4.69) is 43.1 Å². The van der Waals surface area contributed by atoms with Gasteiger partial charge in [0.1, 0.15) is 5.82 Å². The van der Waals surface area contributed by atoms with Gasteiger partial charge in [-0.15, -0.1) is 0 Å². The lowest BCUT2D eigenvalue weighted by molar-refractivity contribution is -0.111. The van der Waals surface area contributed by atoms with Crippen molar-refractivity contribution in [2.24, 2.45) is 0 Å². The van der Waals surface area contributed by atoms with Gasteiger partial charge in [0.25, 0.3) is 0 Å². The van der Waals surface area contributed by atoms with Gasteiger partial charge in [0.15, 0.2) is 11.5 Å². The standard InChI is InChI=1S/C32H37N9O3/c1-3-28(42)35-25-6-4-5-22(19-25)21-39-13-11-26(12-14-39)41-31-27(20-34-41)30(40-15-17-44-18-16-40)37-29(38-31)23-7-9-24(10-8-23)36-32(43)33-2/h3-10,19-20,26H,1,11-18,21H2,2H3,(H,35,42)(H2,33,36,43). The van der Waals surface area contributed by atoms with Crippen molar-refractivity contribution < 1.29 is 14.3 Å². The smallest absolute Gasteiger partial charge is 0.318 e. The van der Waals surface area contributed by atoms with E-state index in [1.165, 1.54) is 6.08 Å². The maximum absolute atomic E-state index is 11.7. The molecule has 0 spiro atoms. The summed E-state index contributed by atoms with van der Waals surface area (Å²) in [7, 11) is 1.58. The molecule has 2 aliphatic rings. The topological polar surface area (TPSA) is 130 Å². The van der Waals surface area contributed by atoms with Crippen LogP contribution in [0.4, 0.5) is 22.0 Å². The maximum Gasteiger partial charge on any atom is 0.318 e. The van der Waals surface area contributed by atoms with E-state index in [0.717, 1.165) is 79.2 Å². The molecule has 0 radical (unpaired) electrons. The number of likely N-dealkylation sites (tertiary alicyclic amines) is 1. The van der Waals surface area contributed by atoms with Crippen molar-refractivity contribution >= 4 is 40.2 Å². The van der Waals surface area contributed by atoms with E-state index in [0.29, 0.717) is 24.7 Å². The number of benzene rings is 2. The number of hydrogen-bond acceptors (Lipinski definition) is 8. The van der Waals surface area contributed by atoms with E-state index in [4.69, 9.17) is 19.8 Å². The fourth-order valence-electron chi connectivity index (χ4n) is 5.74. The number of piperidine rings is 1. The van der Waals surface area contributed by atoms with Gasteiger partial charge in [-0.3, -0.25) is 9.69 Å². The van der Waals surface area contributed by atoms with Gasteiger partial charge >= 0.3 is 6.03 Å². The zero-order chi connectivity index (χ0) is 30.5. The van der Waals surface area contributed by atoms with Crippen LogP contribution in [0.15, 0.2) is 67.4 Å². The van der Waals surface area contributed by atoms with Crippen molar-refractivity contribution in [3.05, 3.63) is 72.9 Å². The van der Waals surface area contributed by atoms with Crippen LogP contribution in [-0.2, 0) is 16.1 Å². The minimum absolute atomic E-state index is 0.210. The second-order valence-electron chi connectivity index (χ2n) is 11.0. The molecule has 0 saturated carbocycles. The van der Waals surface area contributed by atoms with Gasteiger partial charge < -0.3 is 25.6 Å². The van der Waals surface area contributed by atoms with Crippen LogP contribution >= 0.6 is 0 Å². The van der Waals surface area contributed by atoms with Gasteiger partial charge in [0.05, 0.1) is 30.8 Å². The summed E-state index contributed by atoms with van der Waals surface area (Å²) in [4.78, 5) is 38.2. The van der Waals surface area contributed by atoms with Crippen LogP contribution in [0.1, 0.15) is 24.4 Å². The molecule has 4 heterocycles. The lowest BCUT2D eigenvalue weighted by Gasteiger charge is -2.32. The molecule has 3 amide bonds. The first kappa shape index (κ1) is 29.3. The van der Waals surface area contributed by atoms with E-state index in [9.17, 15) is 9.59 Å². The summed E-state index contributed by atoms with van der Waals surface area (Å²) in [5.74, 6) is 1.27. The highest BCUT2D eigenvalue weighted by molar-refractivity contribution is 5.98. The number of hydrogen-bond donors (Lipinski definition) is 3. The maximum atomic E-state index is 11.7. The molecular formula is C32H37N9O3. The number of carbonyl (C=O) groups is 2. The Morgan fingerprint density at radius 3 is 2.50 bits per heavy atom. The van der Waals surface area contributed by atoms with Crippen LogP contribution in [0.5, 0.6) is 0 Å². The highest BCUT2D eigenvalue weighted by Gasteiger charge is 2.26. The quantitative estimate of drug-likeness (QED) is 0.260. The number of aromatic nitrogens is 4. The van der Waals surface area contributed by atoms with Gasteiger partial charge in [0, 0.05) is 56.7 Å². The monoisotopic (exact) mass is 595 g/mol. The second kappa shape index (κ2) is 13.2. The van der Waals surface area contributed by atoms with Crippen molar-refractivity contribution in [1.82, 2.24) is 30.0 Å². The number of morpholine rings is 1. The lowest BCUT2D eigenvalue weighted by atomic mass is 10.0. The third-order valence-electron chi connectivity index (χ3n) is 8.06. The Balaban J connectivity index is 1.22. The lowest BCUT2D eigenvalue weighted by Crippen LogP contribution is -2.37. The predicted octanol–water partition coefficient (Wildman–Crippen LogP) is 4.04. The molecule has 0 atom stereocenters. The van der Waals surface area contributed by atoms with Crippen molar-refractivity contribution in [1.29, 1.82) is 0 Å². The number of nitrogens with zero attached hydrogens (tertiary/aromatic N) is 6. The Morgan fingerprint density at radius 1 is 1.00 bits per heavy atom. The number of anilines is 3. The normalized spacial score (nSPS) is 16.1. The van der Waals surface area contributed by atoms with E-state index in [1.807, 2.05) is 48.7 Å². The average molecular weight is 596 g/mol. The Morgan fingerprint density at radius 2 is 1.77 bits per heavy atom. The van der Waals surface area contributed by atoms with Crippen LogP contribution < -0.4 is 20.9 Å². The van der Waals surface area contributed by atoms with E-state index in [1.54, 1.807) is 7.05 Å². The molecular weight excluding hydrogens is 558 g/mol. The van der Waals surface area contributed by atoms with E-state index in [-0.39, 0.29) is 18.0 Å². The Bertz CT molecular complexity index is 1640.